The second-order valence-corrected chi connectivity index (χ2v) is 7.37. The fourth-order valence-electron chi connectivity index (χ4n) is 0.0962. The molecule has 0 bridgehead atoms. The van der Waals surface area contributed by atoms with Gasteiger partial charge in [0, 0.05) is 0 Å². The molecule has 1 atom stereocenters. The number of hydrogen-bond donors (Lipinski definition) is 0. The molecule has 0 N–H and O–H groups in total. The molecule has 0 saturated heterocycles. The Labute approximate surface area is 53.7 Å². The van der Waals surface area contributed by atoms with Crippen LogP contribution in [0, 0.1) is 0 Å². The average molecular weight is 204 g/mol. The average Bonchev–Trinajstić information content (AvgIpc) is 1.65. The van der Waals surface area contributed by atoms with Crippen molar-refractivity contribution in [1.29, 1.82) is 0 Å². The van der Waals surface area contributed by atoms with Crippen LogP contribution in [0.3, 0.4) is 0 Å². The zero-order chi connectivity index (χ0) is 4.99. The van der Waals surface area contributed by atoms with E-state index in [1.54, 1.807) is 0 Å². The van der Waals surface area contributed by atoms with Crippen molar-refractivity contribution in [2.75, 3.05) is 0 Å². The predicted octanol–water partition coefficient (Wildman–Crippen LogP) is 2.02. The van der Waals surface area contributed by atoms with E-state index in [1.807, 2.05) is 0 Å². The first-order chi connectivity index (χ1) is 2.81. The Morgan fingerprint density at radius 3 is 2.33 bits per heavy atom. The van der Waals surface area contributed by atoms with Crippen molar-refractivity contribution in [1.82, 2.24) is 0 Å². The summed E-state index contributed by atoms with van der Waals surface area (Å²) in [4.78, 5) is 0. The van der Waals surface area contributed by atoms with Crippen LogP contribution in [0.25, 0.3) is 0 Å². The van der Waals surface area contributed by atoms with Crippen LogP contribution in [0.15, 0.2) is 0 Å². The molecule has 2 heteroatoms. The van der Waals surface area contributed by atoms with Crippen molar-refractivity contribution in [3.63, 3.8) is 0 Å². The first-order valence-electron chi connectivity index (χ1n) is 2.26. The standard InChI is InChI=1S/C4H9.In.S/c1-3-4-2;;/h3H,4H2,1-2H3;;. The molecule has 6 heavy (non-hydrogen) atoms. The van der Waals surface area contributed by atoms with Gasteiger partial charge in [-0.2, -0.15) is 0 Å². The Kier molecular flexibility index (Phi) is 5.03. The summed E-state index contributed by atoms with van der Waals surface area (Å²) in [5.74, 6) is 0. The maximum absolute atomic E-state index is 4.96. The summed E-state index contributed by atoms with van der Waals surface area (Å²) in [6.45, 7) is 4.47. The minimum absolute atomic E-state index is 0.443. The Hall–Kier alpha value is 1.09. The third-order valence-electron chi connectivity index (χ3n) is 0.876. The van der Waals surface area contributed by atoms with Crippen molar-refractivity contribution < 1.29 is 0 Å². The second kappa shape index (κ2) is 4.25. The summed E-state index contributed by atoms with van der Waals surface area (Å²) >= 11 is -0.443. The van der Waals surface area contributed by atoms with Gasteiger partial charge in [0.25, 0.3) is 0 Å². The van der Waals surface area contributed by atoms with Gasteiger partial charge in [0.05, 0.1) is 0 Å². The van der Waals surface area contributed by atoms with Crippen LogP contribution in [-0.4, -0.2) is 20.9 Å². The topological polar surface area (TPSA) is 0 Å². The van der Waals surface area contributed by atoms with Crippen LogP contribution in [0.4, 0.5) is 0 Å². The van der Waals surface area contributed by atoms with Gasteiger partial charge in [-0.15, -0.1) is 0 Å². The van der Waals surface area contributed by atoms with Crippen LogP contribution in [0.1, 0.15) is 20.3 Å². The molecule has 34 valence electrons. The third kappa shape index (κ3) is 3.29. The molecule has 0 aromatic rings. The Morgan fingerprint density at radius 2 is 2.33 bits per heavy atom. The van der Waals surface area contributed by atoms with Crippen molar-refractivity contribution in [2.24, 2.45) is 0 Å². The van der Waals surface area contributed by atoms with Crippen molar-refractivity contribution >= 4 is 29.8 Å². The van der Waals surface area contributed by atoms with Crippen LogP contribution < -0.4 is 0 Å². The fraction of sp³-hybridized carbons (Fsp3) is 1.00. The van der Waals surface area contributed by atoms with E-state index in [-0.39, 0.29) is 0 Å². The summed E-state index contributed by atoms with van der Waals surface area (Å²) in [7, 11) is 4.96. The zero-order valence-corrected chi connectivity index (χ0v) is 8.38. The summed E-state index contributed by atoms with van der Waals surface area (Å²) in [5.41, 5.74) is 0. The summed E-state index contributed by atoms with van der Waals surface area (Å²) in [6.07, 6.45) is 1.31. The predicted molar refractivity (Wildman–Crippen MR) is 33.1 cm³/mol. The molecule has 0 saturated carbocycles. The van der Waals surface area contributed by atoms with Gasteiger partial charge < -0.3 is 0 Å². The van der Waals surface area contributed by atoms with Gasteiger partial charge in [-0.1, -0.05) is 0 Å². The monoisotopic (exact) mass is 204 g/mol. The summed E-state index contributed by atoms with van der Waals surface area (Å²) < 4.78 is 0.940. The number of hydrogen-bond acceptors (Lipinski definition) is 1. The van der Waals surface area contributed by atoms with Gasteiger partial charge >= 0.3 is 53.7 Å². The first-order valence-corrected chi connectivity index (χ1v) is 8.67. The maximum atomic E-state index is 4.96. The molecule has 0 amide bonds. The molecule has 0 spiro atoms. The zero-order valence-electron chi connectivity index (χ0n) is 4.27. The molecule has 0 aromatic heterocycles. The van der Waals surface area contributed by atoms with Crippen LogP contribution in [-0.2, 0) is 0 Å². The Bertz CT molecular complexity index is 44.8. The minimum atomic E-state index is -0.443. The van der Waals surface area contributed by atoms with E-state index < -0.39 is 20.9 Å². The molecular weight excluding hydrogens is 195 g/mol. The molecule has 0 aliphatic carbocycles. The second-order valence-electron chi connectivity index (χ2n) is 1.52. The van der Waals surface area contributed by atoms with Crippen molar-refractivity contribution in [3.8, 4) is 0 Å². The molecular formula is C4H9InS. The van der Waals surface area contributed by atoms with Gasteiger partial charge in [0.2, 0.25) is 0 Å². The Morgan fingerprint density at radius 1 is 1.83 bits per heavy atom. The van der Waals surface area contributed by atoms with Crippen LogP contribution in [0.2, 0.25) is 3.67 Å². The molecule has 0 fully saturated rings. The van der Waals surface area contributed by atoms with E-state index in [2.05, 4.69) is 13.8 Å². The van der Waals surface area contributed by atoms with E-state index in [0.29, 0.717) is 0 Å². The fourth-order valence-corrected chi connectivity index (χ4v) is 1.94. The number of rotatable bonds is 2. The van der Waals surface area contributed by atoms with Crippen LogP contribution in [0.5, 0.6) is 0 Å². The normalized spacial score (nSPS) is 13.0. The van der Waals surface area contributed by atoms with E-state index in [9.17, 15) is 0 Å². The van der Waals surface area contributed by atoms with Gasteiger partial charge in [0.15, 0.2) is 0 Å². The molecule has 0 aromatic carbocycles. The van der Waals surface area contributed by atoms with Gasteiger partial charge in [-0.25, -0.2) is 0 Å². The molecule has 0 radical (unpaired) electrons. The third-order valence-corrected chi connectivity index (χ3v) is 6.66. The molecule has 0 rings (SSSR count). The summed E-state index contributed by atoms with van der Waals surface area (Å²) in [5, 5.41) is 0. The molecule has 0 aliphatic heterocycles. The van der Waals surface area contributed by atoms with Gasteiger partial charge in [-0.05, 0) is 0 Å². The Balaban J connectivity index is 2.96. The molecule has 0 heterocycles. The van der Waals surface area contributed by atoms with E-state index in [0.717, 1.165) is 3.67 Å². The quantitative estimate of drug-likeness (QED) is 0.662. The van der Waals surface area contributed by atoms with Crippen LogP contribution >= 0.6 is 8.92 Å². The van der Waals surface area contributed by atoms with Gasteiger partial charge in [-0.3, -0.25) is 0 Å². The molecule has 0 aliphatic rings. The van der Waals surface area contributed by atoms with Crippen molar-refractivity contribution in [3.05, 3.63) is 0 Å². The SMILES string of the molecule is CC[CH](C)[In]=[S]. The summed E-state index contributed by atoms with van der Waals surface area (Å²) in [6, 6.07) is 0. The van der Waals surface area contributed by atoms with E-state index in [4.69, 9.17) is 8.92 Å². The first kappa shape index (κ1) is 7.09. The van der Waals surface area contributed by atoms with Crippen molar-refractivity contribution in [2.45, 2.75) is 23.9 Å². The van der Waals surface area contributed by atoms with E-state index >= 15 is 0 Å². The molecule has 1 unspecified atom stereocenters. The molecule has 0 nitrogen and oxygen atoms in total. The van der Waals surface area contributed by atoms with E-state index in [1.165, 1.54) is 6.42 Å². The van der Waals surface area contributed by atoms with Gasteiger partial charge in [0.1, 0.15) is 0 Å².